The molecule has 4 nitrogen and oxygen atoms in total. The van der Waals surface area contributed by atoms with E-state index in [9.17, 15) is 4.79 Å². The first-order valence-corrected chi connectivity index (χ1v) is 8.08. The van der Waals surface area contributed by atoms with Crippen LogP contribution in [0.4, 0.5) is 0 Å². The van der Waals surface area contributed by atoms with Crippen molar-refractivity contribution in [1.29, 1.82) is 0 Å². The Morgan fingerprint density at radius 2 is 1.86 bits per heavy atom. The lowest BCUT2D eigenvalue weighted by atomic mass is 10.1. The normalized spacial score (nSPS) is 10.1. The predicted molar refractivity (Wildman–Crippen MR) is 89.7 cm³/mol. The highest BCUT2D eigenvalue weighted by molar-refractivity contribution is 9.28. The van der Waals surface area contributed by atoms with E-state index >= 15 is 0 Å². The summed E-state index contributed by atoms with van der Waals surface area (Å²) in [4.78, 5) is 10.5. The van der Waals surface area contributed by atoms with Crippen LogP contribution in [0.25, 0.3) is 0 Å². The highest BCUT2D eigenvalue weighted by Crippen LogP contribution is 2.28. The van der Waals surface area contributed by atoms with Crippen molar-refractivity contribution in [3.05, 3.63) is 32.7 Å². The Hall–Kier alpha value is -1.01. The number of ether oxygens (including phenoxy) is 2. The Bertz CT molecular complexity index is 499. The smallest absolute Gasteiger partial charge is 0.303 e. The zero-order chi connectivity index (χ0) is 15.8. The van der Waals surface area contributed by atoms with Crippen molar-refractivity contribution in [1.82, 2.24) is 0 Å². The third kappa shape index (κ3) is 7.00. The molecular formula is C15H18Br2O4. The second kappa shape index (κ2) is 9.10. The van der Waals surface area contributed by atoms with E-state index in [4.69, 9.17) is 14.6 Å². The van der Waals surface area contributed by atoms with Crippen molar-refractivity contribution in [3.8, 4) is 11.5 Å². The molecule has 0 atom stereocenters. The summed E-state index contributed by atoms with van der Waals surface area (Å²) in [7, 11) is 0. The summed E-state index contributed by atoms with van der Waals surface area (Å²) in [6, 6.07) is 3.82. The van der Waals surface area contributed by atoms with Gasteiger partial charge in [-0.3, -0.25) is 4.79 Å². The van der Waals surface area contributed by atoms with Crippen molar-refractivity contribution >= 4 is 37.8 Å². The first-order chi connectivity index (χ1) is 9.90. The van der Waals surface area contributed by atoms with Crippen molar-refractivity contribution in [3.63, 3.8) is 0 Å². The van der Waals surface area contributed by atoms with Crippen molar-refractivity contribution in [2.75, 3.05) is 13.2 Å². The van der Waals surface area contributed by atoms with E-state index in [0.29, 0.717) is 19.6 Å². The third-order valence-corrected chi connectivity index (χ3v) is 3.35. The second-order valence-corrected chi connectivity index (χ2v) is 7.31. The molecule has 0 radical (unpaired) electrons. The van der Waals surface area contributed by atoms with Gasteiger partial charge in [0.05, 0.1) is 10.00 Å². The topological polar surface area (TPSA) is 55.8 Å². The van der Waals surface area contributed by atoms with Gasteiger partial charge in [0.1, 0.15) is 18.1 Å². The fourth-order valence-electron chi connectivity index (χ4n) is 1.82. The van der Waals surface area contributed by atoms with Gasteiger partial charge in [-0.2, -0.15) is 0 Å². The van der Waals surface area contributed by atoms with Gasteiger partial charge in [0, 0.05) is 6.42 Å². The first-order valence-electron chi connectivity index (χ1n) is 6.50. The van der Waals surface area contributed by atoms with Crippen LogP contribution in [0.15, 0.2) is 21.6 Å². The predicted octanol–water partition coefficient (Wildman–Crippen LogP) is 4.56. The van der Waals surface area contributed by atoms with Crippen molar-refractivity contribution in [2.24, 2.45) is 0 Å². The molecule has 0 heterocycles. The number of aryl methyl sites for hydroxylation is 2. The van der Waals surface area contributed by atoms with Crippen molar-refractivity contribution in [2.45, 2.75) is 26.7 Å². The van der Waals surface area contributed by atoms with Crippen LogP contribution in [0.5, 0.6) is 11.5 Å². The molecule has 0 aliphatic carbocycles. The van der Waals surface area contributed by atoms with Gasteiger partial charge < -0.3 is 14.6 Å². The van der Waals surface area contributed by atoms with Crippen molar-refractivity contribution < 1.29 is 19.4 Å². The van der Waals surface area contributed by atoms with Gasteiger partial charge in [-0.15, -0.1) is 0 Å². The summed E-state index contributed by atoms with van der Waals surface area (Å²) in [6.07, 6.45) is 2.48. The largest absolute Gasteiger partial charge is 0.493 e. The molecule has 0 saturated carbocycles. The Morgan fingerprint density at radius 3 is 2.38 bits per heavy atom. The molecule has 1 N–H and O–H groups in total. The molecule has 0 fully saturated rings. The molecule has 0 spiro atoms. The Labute approximate surface area is 141 Å². The molecule has 0 unspecified atom stereocenters. The number of benzene rings is 1. The number of carboxylic acids is 1. The minimum Gasteiger partial charge on any atom is -0.493 e. The molecule has 0 aliphatic rings. The summed E-state index contributed by atoms with van der Waals surface area (Å²) in [6.45, 7) is 4.75. The van der Waals surface area contributed by atoms with Crippen LogP contribution in [-0.4, -0.2) is 24.3 Å². The van der Waals surface area contributed by atoms with E-state index in [1.165, 1.54) is 0 Å². The molecular weight excluding hydrogens is 404 g/mol. The van der Waals surface area contributed by atoms with E-state index in [0.717, 1.165) is 26.0 Å². The summed E-state index contributed by atoms with van der Waals surface area (Å²) < 4.78 is 12.1. The molecule has 0 aromatic heterocycles. The van der Waals surface area contributed by atoms with Crippen LogP contribution in [0.3, 0.4) is 0 Å². The van der Waals surface area contributed by atoms with Crippen LogP contribution in [-0.2, 0) is 4.79 Å². The lowest BCUT2D eigenvalue weighted by Crippen LogP contribution is -2.04. The van der Waals surface area contributed by atoms with Crippen LogP contribution in [0.1, 0.15) is 24.0 Å². The van der Waals surface area contributed by atoms with Gasteiger partial charge in [-0.1, -0.05) is 0 Å². The lowest BCUT2D eigenvalue weighted by molar-refractivity contribution is -0.137. The molecule has 1 aromatic carbocycles. The zero-order valence-corrected chi connectivity index (χ0v) is 15.2. The van der Waals surface area contributed by atoms with Gasteiger partial charge in [-0.25, -0.2) is 0 Å². The summed E-state index contributed by atoms with van der Waals surface area (Å²) in [5.74, 6) is 0.770. The second-order valence-electron chi connectivity index (χ2n) is 4.54. The van der Waals surface area contributed by atoms with E-state index in [1.807, 2.05) is 32.1 Å². The fraction of sp³-hybridized carbons (Fsp3) is 0.400. The summed E-state index contributed by atoms with van der Waals surface area (Å²) in [5, 5.41) is 8.59. The van der Waals surface area contributed by atoms with E-state index < -0.39 is 5.97 Å². The molecule has 21 heavy (non-hydrogen) atoms. The maximum atomic E-state index is 10.5. The van der Waals surface area contributed by atoms with Gasteiger partial charge in [0.15, 0.2) is 0 Å². The van der Waals surface area contributed by atoms with Gasteiger partial charge in [-0.05, 0) is 81.5 Å². The van der Waals surface area contributed by atoms with Gasteiger partial charge >= 0.3 is 5.97 Å². The minimum atomic E-state index is -0.804. The molecule has 0 bridgehead atoms. The number of rotatable bonds is 8. The van der Waals surface area contributed by atoms with E-state index in [2.05, 4.69) is 31.9 Å². The monoisotopic (exact) mass is 420 g/mol. The molecule has 0 aliphatic heterocycles. The van der Waals surface area contributed by atoms with Crippen LogP contribution in [0, 0.1) is 13.8 Å². The SMILES string of the molecule is Cc1cc(OCC=C(Br)Br)cc(C)c1OCCCC(=O)O. The molecule has 1 aromatic rings. The van der Waals surface area contributed by atoms with Gasteiger partial charge in [0.25, 0.3) is 0 Å². The zero-order valence-electron chi connectivity index (χ0n) is 12.0. The average molecular weight is 422 g/mol. The van der Waals surface area contributed by atoms with E-state index in [-0.39, 0.29) is 6.42 Å². The van der Waals surface area contributed by atoms with Gasteiger partial charge in [0.2, 0.25) is 0 Å². The van der Waals surface area contributed by atoms with Crippen LogP contribution in [0.2, 0.25) is 0 Å². The highest BCUT2D eigenvalue weighted by atomic mass is 79.9. The van der Waals surface area contributed by atoms with Crippen LogP contribution >= 0.6 is 31.9 Å². The number of aliphatic carboxylic acids is 1. The minimum absolute atomic E-state index is 0.118. The molecule has 116 valence electrons. The maximum Gasteiger partial charge on any atom is 0.303 e. The molecule has 0 amide bonds. The first kappa shape index (κ1) is 18.0. The molecule has 0 saturated heterocycles. The average Bonchev–Trinajstić information content (AvgIpc) is 2.36. The molecule has 6 heteroatoms. The number of carboxylic acid groups (broad SMARTS) is 1. The maximum absolute atomic E-state index is 10.5. The lowest BCUT2D eigenvalue weighted by Gasteiger charge is -2.14. The Kier molecular flexibility index (Phi) is 7.82. The quantitative estimate of drug-likeness (QED) is 0.625. The van der Waals surface area contributed by atoms with Crippen LogP contribution < -0.4 is 9.47 Å². The fourth-order valence-corrected chi connectivity index (χ4v) is 2.08. The Balaban J connectivity index is 2.62. The number of hydrogen-bond donors (Lipinski definition) is 1. The Morgan fingerprint density at radius 1 is 1.24 bits per heavy atom. The number of hydrogen-bond acceptors (Lipinski definition) is 3. The number of halogens is 2. The third-order valence-electron chi connectivity index (χ3n) is 2.70. The highest BCUT2D eigenvalue weighted by Gasteiger charge is 2.07. The summed E-state index contributed by atoms with van der Waals surface area (Å²) in [5.41, 5.74) is 1.95. The number of carbonyl (C=O) groups is 1. The standard InChI is InChI=1S/C15H18Br2O4/c1-10-8-12(20-7-5-13(16)17)9-11(2)15(10)21-6-3-4-14(18)19/h5,8-9H,3-4,6-7H2,1-2H3,(H,18,19). The molecule has 1 rings (SSSR count). The van der Waals surface area contributed by atoms with E-state index in [1.54, 1.807) is 0 Å². The summed E-state index contributed by atoms with van der Waals surface area (Å²) >= 11 is 6.54.